The van der Waals surface area contributed by atoms with Gasteiger partial charge < -0.3 is 15.4 Å². The number of benzene rings is 2. The molecule has 0 aliphatic rings. The molecule has 6 nitrogen and oxygen atoms in total. The lowest BCUT2D eigenvalue weighted by Crippen LogP contribution is -2.34. The Kier molecular flexibility index (Phi) is 6.47. The van der Waals surface area contributed by atoms with E-state index < -0.39 is 0 Å². The van der Waals surface area contributed by atoms with Crippen molar-refractivity contribution in [2.75, 3.05) is 17.2 Å². The van der Waals surface area contributed by atoms with Crippen molar-refractivity contribution in [3.63, 3.8) is 0 Å². The third kappa shape index (κ3) is 5.89. The molecular weight excluding hydrogens is 338 g/mol. The highest BCUT2D eigenvalue weighted by molar-refractivity contribution is 7.80. The van der Waals surface area contributed by atoms with Crippen LogP contribution < -0.4 is 20.7 Å². The minimum atomic E-state index is -0.336. The molecule has 0 unspecified atom stereocenters. The van der Waals surface area contributed by atoms with Crippen LogP contribution in [0.5, 0.6) is 5.75 Å². The Bertz CT molecular complexity index is 793. The summed E-state index contributed by atoms with van der Waals surface area (Å²) in [5.41, 5.74) is 1.73. The van der Waals surface area contributed by atoms with Gasteiger partial charge in [0.05, 0.1) is 6.61 Å². The molecule has 2 aromatic rings. The molecule has 0 fully saturated rings. The number of ether oxygens (including phenoxy) is 1. The van der Waals surface area contributed by atoms with Crippen molar-refractivity contribution in [2.45, 2.75) is 13.8 Å². The minimum Gasteiger partial charge on any atom is -0.494 e. The van der Waals surface area contributed by atoms with Crippen molar-refractivity contribution < 1.29 is 14.3 Å². The Morgan fingerprint density at radius 1 is 1.04 bits per heavy atom. The summed E-state index contributed by atoms with van der Waals surface area (Å²) in [7, 11) is 0. The molecule has 2 amide bonds. The second-order valence-corrected chi connectivity index (χ2v) is 5.54. The van der Waals surface area contributed by atoms with Gasteiger partial charge in [-0.15, -0.1) is 0 Å². The number of thiocarbonyl (C=S) groups is 1. The normalized spacial score (nSPS) is 9.84. The lowest BCUT2D eigenvalue weighted by atomic mass is 10.2. The number of rotatable bonds is 5. The summed E-state index contributed by atoms with van der Waals surface area (Å²) in [6, 6.07) is 13.9. The fraction of sp³-hybridized carbons (Fsp3) is 0.167. The predicted molar refractivity (Wildman–Crippen MR) is 102 cm³/mol. The molecule has 2 aromatic carbocycles. The van der Waals surface area contributed by atoms with Crippen molar-refractivity contribution in [3.05, 3.63) is 54.1 Å². The zero-order valence-corrected chi connectivity index (χ0v) is 14.8. The first-order valence-corrected chi connectivity index (χ1v) is 8.11. The fourth-order valence-electron chi connectivity index (χ4n) is 2.11. The van der Waals surface area contributed by atoms with Gasteiger partial charge in [-0.3, -0.25) is 14.9 Å². The number of nitrogens with one attached hydrogen (secondary N) is 3. The molecule has 0 aromatic heterocycles. The van der Waals surface area contributed by atoms with Crippen LogP contribution in [0.1, 0.15) is 24.2 Å². The molecule has 0 radical (unpaired) electrons. The van der Waals surface area contributed by atoms with E-state index in [1.807, 2.05) is 6.92 Å². The van der Waals surface area contributed by atoms with E-state index in [9.17, 15) is 9.59 Å². The Labute approximate surface area is 151 Å². The minimum absolute atomic E-state index is 0.159. The Balaban J connectivity index is 1.99. The standard InChI is InChI=1S/C18H19N3O3S/c1-3-24-16-9-4-6-13(10-16)17(23)21-18(25)20-15-8-5-7-14(11-15)19-12(2)22/h4-11H,3H2,1-2H3,(H,19,22)(H2,20,21,23,25). The van der Waals surface area contributed by atoms with Crippen LogP contribution in [0.3, 0.4) is 0 Å². The van der Waals surface area contributed by atoms with Gasteiger partial charge in [0.2, 0.25) is 5.91 Å². The van der Waals surface area contributed by atoms with E-state index in [1.54, 1.807) is 48.5 Å². The summed E-state index contributed by atoms with van der Waals surface area (Å²) in [6.07, 6.45) is 0. The quantitative estimate of drug-likeness (QED) is 0.716. The highest BCUT2D eigenvalue weighted by atomic mass is 32.1. The van der Waals surface area contributed by atoms with Gasteiger partial charge in [-0.05, 0) is 55.5 Å². The van der Waals surface area contributed by atoms with E-state index in [-0.39, 0.29) is 16.9 Å². The van der Waals surface area contributed by atoms with Crippen LogP contribution in [0.15, 0.2) is 48.5 Å². The van der Waals surface area contributed by atoms with E-state index in [4.69, 9.17) is 17.0 Å². The third-order valence-electron chi connectivity index (χ3n) is 3.08. The molecule has 0 aliphatic carbocycles. The number of carbonyl (C=O) groups is 2. The van der Waals surface area contributed by atoms with Crippen LogP contribution in [-0.2, 0) is 4.79 Å². The van der Waals surface area contributed by atoms with Crippen LogP contribution in [0.4, 0.5) is 11.4 Å². The Morgan fingerprint density at radius 2 is 1.72 bits per heavy atom. The summed E-state index contributed by atoms with van der Waals surface area (Å²) in [6.45, 7) is 3.83. The fourth-order valence-corrected chi connectivity index (χ4v) is 2.32. The number of hydrogen-bond acceptors (Lipinski definition) is 4. The molecule has 3 N–H and O–H groups in total. The number of anilines is 2. The molecule has 0 atom stereocenters. The van der Waals surface area contributed by atoms with Crippen LogP contribution >= 0.6 is 12.2 Å². The van der Waals surface area contributed by atoms with Crippen molar-refractivity contribution in [1.82, 2.24) is 5.32 Å². The first kappa shape index (κ1) is 18.4. The van der Waals surface area contributed by atoms with E-state index >= 15 is 0 Å². The number of amides is 2. The number of carbonyl (C=O) groups excluding carboxylic acids is 2. The maximum atomic E-state index is 12.3. The molecule has 0 spiro atoms. The van der Waals surface area contributed by atoms with E-state index in [1.165, 1.54) is 6.92 Å². The van der Waals surface area contributed by atoms with Gasteiger partial charge in [0.1, 0.15) is 5.75 Å². The molecule has 0 aliphatic heterocycles. The highest BCUT2D eigenvalue weighted by Gasteiger charge is 2.09. The average Bonchev–Trinajstić information content (AvgIpc) is 2.55. The maximum absolute atomic E-state index is 12.3. The van der Waals surface area contributed by atoms with Crippen molar-refractivity contribution >= 4 is 40.5 Å². The highest BCUT2D eigenvalue weighted by Crippen LogP contribution is 2.15. The van der Waals surface area contributed by atoms with Crippen LogP contribution in [-0.4, -0.2) is 23.5 Å². The molecule has 0 bridgehead atoms. The van der Waals surface area contributed by atoms with Gasteiger partial charge in [-0.2, -0.15) is 0 Å². The van der Waals surface area contributed by atoms with Crippen LogP contribution in [0.2, 0.25) is 0 Å². The van der Waals surface area contributed by atoms with Gasteiger partial charge in [-0.25, -0.2) is 0 Å². The zero-order chi connectivity index (χ0) is 18.2. The molecule has 0 heterocycles. The largest absolute Gasteiger partial charge is 0.494 e. The smallest absolute Gasteiger partial charge is 0.257 e. The average molecular weight is 357 g/mol. The molecule has 0 saturated carbocycles. The second-order valence-electron chi connectivity index (χ2n) is 5.13. The first-order chi connectivity index (χ1) is 12.0. The summed E-state index contributed by atoms with van der Waals surface area (Å²) < 4.78 is 5.38. The SMILES string of the molecule is CCOc1cccc(C(=O)NC(=S)Nc2cccc(NC(C)=O)c2)c1. The van der Waals surface area contributed by atoms with Crippen LogP contribution in [0.25, 0.3) is 0 Å². The lowest BCUT2D eigenvalue weighted by Gasteiger charge is -2.11. The molecule has 0 saturated heterocycles. The van der Waals surface area contributed by atoms with Crippen molar-refractivity contribution in [2.24, 2.45) is 0 Å². The maximum Gasteiger partial charge on any atom is 0.257 e. The Morgan fingerprint density at radius 3 is 2.40 bits per heavy atom. The van der Waals surface area contributed by atoms with E-state index in [2.05, 4.69) is 16.0 Å². The van der Waals surface area contributed by atoms with E-state index in [0.717, 1.165) is 0 Å². The van der Waals surface area contributed by atoms with Gasteiger partial charge in [0.25, 0.3) is 5.91 Å². The molecule has 130 valence electrons. The van der Waals surface area contributed by atoms with Gasteiger partial charge in [0.15, 0.2) is 5.11 Å². The lowest BCUT2D eigenvalue weighted by molar-refractivity contribution is -0.114. The van der Waals surface area contributed by atoms with Gasteiger partial charge >= 0.3 is 0 Å². The van der Waals surface area contributed by atoms with Crippen LogP contribution in [0, 0.1) is 0 Å². The van der Waals surface area contributed by atoms with E-state index in [0.29, 0.717) is 29.3 Å². The van der Waals surface area contributed by atoms with Crippen molar-refractivity contribution in [1.29, 1.82) is 0 Å². The van der Waals surface area contributed by atoms with Gasteiger partial charge in [-0.1, -0.05) is 12.1 Å². The first-order valence-electron chi connectivity index (χ1n) is 7.71. The third-order valence-corrected chi connectivity index (χ3v) is 3.28. The predicted octanol–water partition coefficient (Wildman–Crippen LogP) is 3.17. The molecule has 7 heteroatoms. The summed E-state index contributed by atoms with van der Waals surface area (Å²) in [5, 5.41) is 8.36. The molecular formula is C18H19N3O3S. The molecule has 2 rings (SSSR count). The monoisotopic (exact) mass is 357 g/mol. The second kappa shape index (κ2) is 8.79. The van der Waals surface area contributed by atoms with Gasteiger partial charge in [0, 0.05) is 23.9 Å². The molecule has 25 heavy (non-hydrogen) atoms. The van der Waals surface area contributed by atoms with Crippen molar-refractivity contribution in [3.8, 4) is 5.75 Å². The zero-order valence-electron chi connectivity index (χ0n) is 14.0. The summed E-state index contributed by atoms with van der Waals surface area (Å²) >= 11 is 5.17. The summed E-state index contributed by atoms with van der Waals surface area (Å²) in [4.78, 5) is 23.4. The summed E-state index contributed by atoms with van der Waals surface area (Å²) in [5.74, 6) is 0.122. The topological polar surface area (TPSA) is 79.5 Å². The Hall–Kier alpha value is -2.93. The number of hydrogen-bond donors (Lipinski definition) is 3.